The van der Waals surface area contributed by atoms with E-state index in [9.17, 15) is 4.79 Å². The maximum atomic E-state index is 12.9. The maximum absolute atomic E-state index is 12.9. The third-order valence-electron chi connectivity index (χ3n) is 5.57. The van der Waals surface area contributed by atoms with Gasteiger partial charge in [0.05, 0.1) is 19.8 Å². The van der Waals surface area contributed by atoms with Crippen LogP contribution in [0.1, 0.15) is 61.5 Å². The van der Waals surface area contributed by atoms with E-state index in [2.05, 4.69) is 38.7 Å². The largest absolute Gasteiger partial charge is 0.493 e. The van der Waals surface area contributed by atoms with Crippen LogP contribution >= 0.6 is 0 Å². The van der Waals surface area contributed by atoms with E-state index in [1.807, 2.05) is 11.0 Å². The van der Waals surface area contributed by atoms with Crippen molar-refractivity contribution in [2.45, 2.75) is 52.5 Å². The number of carbonyl (C=O) groups excluding carboxylic acids is 1. The molecule has 1 amide bonds. The molecule has 0 N–H and O–H groups in total. The highest BCUT2D eigenvalue weighted by atomic mass is 16.5. The molecule has 5 heteroatoms. The van der Waals surface area contributed by atoms with Crippen LogP contribution in [0, 0.1) is 0 Å². The second kappa shape index (κ2) is 9.07. The Morgan fingerprint density at radius 1 is 1.11 bits per heavy atom. The fourth-order valence-corrected chi connectivity index (χ4v) is 3.91. The van der Waals surface area contributed by atoms with Crippen molar-refractivity contribution in [3.05, 3.63) is 28.8 Å². The summed E-state index contributed by atoms with van der Waals surface area (Å²) in [5.74, 6) is 1.40. The maximum Gasteiger partial charge on any atom is 0.254 e. The Balaban J connectivity index is 1.68. The lowest BCUT2D eigenvalue weighted by molar-refractivity contribution is 0.0357. The number of amides is 1. The summed E-state index contributed by atoms with van der Waals surface area (Å²) in [6, 6.07) is 4.43. The molecule has 1 aromatic rings. The number of hydrogen-bond donors (Lipinski definition) is 0. The molecule has 0 saturated carbocycles. The van der Waals surface area contributed by atoms with E-state index >= 15 is 0 Å². The van der Waals surface area contributed by atoms with E-state index in [0.717, 1.165) is 63.5 Å². The topological polar surface area (TPSA) is 42.0 Å². The van der Waals surface area contributed by atoms with Gasteiger partial charge in [0.2, 0.25) is 0 Å². The van der Waals surface area contributed by atoms with Gasteiger partial charge >= 0.3 is 0 Å². The molecule has 2 heterocycles. The Kier molecular flexibility index (Phi) is 6.77. The molecule has 0 bridgehead atoms. The average Bonchev–Trinajstić information content (AvgIpc) is 2.65. The first-order valence-corrected chi connectivity index (χ1v) is 10.4. The van der Waals surface area contributed by atoms with Crippen LogP contribution in [0.25, 0.3) is 0 Å². The van der Waals surface area contributed by atoms with Crippen molar-refractivity contribution in [1.29, 1.82) is 0 Å². The molecule has 0 aromatic heterocycles. The van der Waals surface area contributed by atoms with Crippen molar-refractivity contribution in [2.75, 3.05) is 46.0 Å². The second-order valence-electron chi connectivity index (χ2n) is 8.20. The summed E-state index contributed by atoms with van der Waals surface area (Å²) in [4.78, 5) is 17.3. The molecular weight excluding hydrogens is 340 g/mol. The highest BCUT2D eigenvalue weighted by Gasteiger charge is 2.28. The van der Waals surface area contributed by atoms with E-state index in [1.165, 1.54) is 11.1 Å². The zero-order valence-electron chi connectivity index (χ0n) is 17.3. The lowest BCUT2D eigenvalue weighted by Crippen LogP contribution is -2.42. The molecule has 1 fully saturated rings. The van der Waals surface area contributed by atoms with Crippen molar-refractivity contribution in [3.63, 3.8) is 0 Å². The third kappa shape index (κ3) is 4.82. The molecule has 0 aliphatic carbocycles. The number of nitrogens with zero attached hydrogens (tertiary/aromatic N) is 2. The lowest BCUT2D eigenvalue weighted by Gasteiger charge is -2.32. The fourth-order valence-electron chi connectivity index (χ4n) is 3.91. The van der Waals surface area contributed by atoms with Crippen LogP contribution in [0.3, 0.4) is 0 Å². The standard InChI is InChI=1S/C22H34N2O3/c1-16(2)19-14-18-6-8-24(17(3)4)22(25)20(18)15-21(19)27-11-5-7-23-9-12-26-13-10-23/h14-17H,5-13H2,1-4H3. The van der Waals surface area contributed by atoms with Gasteiger partial charge in [-0.25, -0.2) is 0 Å². The molecule has 5 nitrogen and oxygen atoms in total. The first-order chi connectivity index (χ1) is 13.0. The molecule has 0 unspecified atom stereocenters. The number of morpholine rings is 1. The smallest absolute Gasteiger partial charge is 0.254 e. The molecule has 1 saturated heterocycles. The summed E-state index contributed by atoms with van der Waals surface area (Å²) >= 11 is 0. The first-order valence-electron chi connectivity index (χ1n) is 10.4. The molecule has 0 spiro atoms. The Labute approximate surface area is 163 Å². The SMILES string of the molecule is CC(C)c1cc2c(cc1OCCCN1CCOCC1)C(=O)N(C(C)C)CC2. The minimum absolute atomic E-state index is 0.139. The number of carbonyl (C=O) groups is 1. The van der Waals surface area contributed by atoms with Gasteiger partial charge in [-0.15, -0.1) is 0 Å². The quantitative estimate of drug-likeness (QED) is 0.687. The van der Waals surface area contributed by atoms with Crippen LogP contribution in [-0.2, 0) is 11.2 Å². The summed E-state index contributed by atoms with van der Waals surface area (Å²) in [5.41, 5.74) is 3.20. The van der Waals surface area contributed by atoms with Gasteiger partial charge in [0.1, 0.15) is 5.75 Å². The van der Waals surface area contributed by atoms with Crippen molar-refractivity contribution in [1.82, 2.24) is 9.80 Å². The van der Waals surface area contributed by atoms with Crippen molar-refractivity contribution >= 4 is 5.91 Å². The van der Waals surface area contributed by atoms with Gasteiger partial charge in [-0.1, -0.05) is 19.9 Å². The summed E-state index contributed by atoms with van der Waals surface area (Å²) in [6.07, 6.45) is 1.91. The van der Waals surface area contributed by atoms with Crippen LogP contribution in [0.15, 0.2) is 12.1 Å². The Morgan fingerprint density at radius 2 is 1.85 bits per heavy atom. The summed E-state index contributed by atoms with van der Waals surface area (Å²) < 4.78 is 11.6. The Morgan fingerprint density at radius 3 is 2.52 bits per heavy atom. The monoisotopic (exact) mass is 374 g/mol. The second-order valence-corrected chi connectivity index (χ2v) is 8.20. The number of fused-ring (bicyclic) bond motifs is 1. The predicted molar refractivity (Wildman–Crippen MR) is 108 cm³/mol. The van der Waals surface area contributed by atoms with E-state index in [4.69, 9.17) is 9.47 Å². The van der Waals surface area contributed by atoms with Gasteiger partial charge < -0.3 is 14.4 Å². The van der Waals surface area contributed by atoms with Gasteiger partial charge in [-0.05, 0) is 49.8 Å². The van der Waals surface area contributed by atoms with Gasteiger partial charge in [-0.3, -0.25) is 9.69 Å². The summed E-state index contributed by atoms with van der Waals surface area (Å²) in [7, 11) is 0. The Bertz CT molecular complexity index is 651. The minimum atomic E-state index is 0.139. The number of ether oxygens (including phenoxy) is 2. The lowest BCUT2D eigenvalue weighted by atomic mass is 9.91. The molecular formula is C22H34N2O3. The van der Waals surface area contributed by atoms with Crippen LogP contribution in [0.5, 0.6) is 5.75 Å². The van der Waals surface area contributed by atoms with Gasteiger partial charge in [0.25, 0.3) is 5.91 Å². The molecule has 27 heavy (non-hydrogen) atoms. The average molecular weight is 375 g/mol. The van der Waals surface area contributed by atoms with Gasteiger partial charge in [0.15, 0.2) is 0 Å². The molecule has 0 radical (unpaired) electrons. The Hall–Kier alpha value is -1.59. The third-order valence-corrected chi connectivity index (χ3v) is 5.57. The number of rotatable bonds is 7. The zero-order valence-corrected chi connectivity index (χ0v) is 17.3. The first kappa shape index (κ1) is 20.2. The van der Waals surface area contributed by atoms with Crippen LogP contribution in [0.4, 0.5) is 0 Å². The minimum Gasteiger partial charge on any atom is -0.493 e. The number of benzene rings is 1. The van der Waals surface area contributed by atoms with Gasteiger partial charge in [0, 0.05) is 37.8 Å². The van der Waals surface area contributed by atoms with Crippen LogP contribution in [0.2, 0.25) is 0 Å². The molecule has 2 aliphatic rings. The highest BCUT2D eigenvalue weighted by molar-refractivity contribution is 5.97. The van der Waals surface area contributed by atoms with Crippen molar-refractivity contribution < 1.29 is 14.3 Å². The fraction of sp³-hybridized carbons (Fsp3) is 0.682. The van der Waals surface area contributed by atoms with Gasteiger partial charge in [-0.2, -0.15) is 0 Å². The van der Waals surface area contributed by atoms with E-state index in [0.29, 0.717) is 12.5 Å². The predicted octanol–water partition coefficient (Wildman–Crippen LogP) is 3.32. The van der Waals surface area contributed by atoms with Crippen LogP contribution < -0.4 is 4.74 Å². The molecule has 2 aliphatic heterocycles. The number of hydrogen-bond acceptors (Lipinski definition) is 4. The van der Waals surface area contributed by atoms with Crippen molar-refractivity contribution in [3.8, 4) is 5.75 Å². The zero-order chi connectivity index (χ0) is 19.4. The molecule has 0 atom stereocenters. The van der Waals surface area contributed by atoms with Crippen LogP contribution in [-0.4, -0.2) is 67.7 Å². The normalized spacial score (nSPS) is 18.3. The summed E-state index contributed by atoms with van der Waals surface area (Å²) in [5, 5.41) is 0. The highest BCUT2D eigenvalue weighted by Crippen LogP contribution is 2.33. The van der Waals surface area contributed by atoms with E-state index in [-0.39, 0.29) is 11.9 Å². The molecule has 3 rings (SSSR count). The van der Waals surface area contributed by atoms with Crippen molar-refractivity contribution in [2.24, 2.45) is 0 Å². The van der Waals surface area contributed by atoms with E-state index < -0.39 is 0 Å². The molecule has 1 aromatic carbocycles. The molecule has 150 valence electrons. The summed E-state index contributed by atoms with van der Waals surface area (Å²) in [6.45, 7) is 14.7. The van der Waals surface area contributed by atoms with E-state index in [1.54, 1.807) is 0 Å².